The van der Waals surface area contributed by atoms with Gasteiger partial charge in [-0.1, -0.05) is 26.0 Å². The maximum atomic E-state index is 5.06. The Morgan fingerprint density at radius 2 is 1.81 bits per heavy atom. The van der Waals surface area contributed by atoms with Crippen LogP contribution in [0.25, 0.3) is 0 Å². The number of para-hydroxylation sites is 2. The Balaban J connectivity index is 1.95. The number of anilines is 1. The van der Waals surface area contributed by atoms with Crippen molar-refractivity contribution >= 4 is 29.0 Å². The van der Waals surface area contributed by atoms with Crippen molar-refractivity contribution in [2.45, 2.75) is 20.3 Å². The fourth-order valence-electron chi connectivity index (χ4n) is 3.16. The van der Waals surface area contributed by atoms with E-state index >= 15 is 0 Å². The number of hydrogen-bond donors (Lipinski definition) is 0. The van der Waals surface area contributed by atoms with E-state index in [2.05, 4.69) is 55.0 Å². The zero-order valence-electron chi connectivity index (χ0n) is 13.3. The van der Waals surface area contributed by atoms with Crippen LogP contribution in [0.5, 0.6) is 0 Å². The molecule has 0 aromatic heterocycles. The predicted octanol–water partition coefficient (Wildman–Crippen LogP) is 3.63. The molecule has 3 nitrogen and oxygen atoms in total. The van der Waals surface area contributed by atoms with Crippen molar-refractivity contribution in [2.24, 2.45) is 10.4 Å². The number of aliphatic imine (C=N–C) groups is 1. The number of rotatable bonds is 2. The molecule has 0 unspecified atom stereocenters. The third-order valence-corrected chi connectivity index (χ3v) is 5.44. The minimum absolute atomic E-state index is 0.180. The third kappa shape index (κ3) is 3.05. The Hall–Kier alpha value is -1.16. The van der Waals surface area contributed by atoms with Gasteiger partial charge in [-0.15, -0.1) is 0 Å². The quantitative estimate of drug-likeness (QED) is 0.831. The summed E-state index contributed by atoms with van der Waals surface area (Å²) in [5, 5.41) is 0. The minimum Gasteiger partial charge on any atom is -0.368 e. The fraction of sp³-hybridized carbons (Fsp3) is 0.588. The molecule has 0 aliphatic carbocycles. The molecular formula is C17H25N3S. The normalized spacial score (nSPS) is 23.9. The largest absolute Gasteiger partial charge is 0.368 e. The average Bonchev–Trinajstić information content (AvgIpc) is 2.76. The Bertz CT molecular complexity index is 533. The zero-order chi connectivity index (χ0) is 14.9. The van der Waals surface area contributed by atoms with Gasteiger partial charge in [0.1, 0.15) is 5.84 Å². The standard InChI is InChI=1S/C17H25N3S/c1-17(2)8-9-19(3)16(17)18-14-6-4-5-7-15(14)20-10-12-21-13-11-20/h4-7H,8-13H2,1-3H3. The zero-order valence-corrected chi connectivity index (χ0v) is 14.1. The molecule has 1 aromatic carbocycles. The fourth-order valence-corrected chi connectivity index (χ4v) is 4.07. The molecule has 3 rings (SSSR count). The van der Waals surface area contributed by atoms with Crippen molar-refractivity contribution in [1.29, 1.82) is 0 Å². The van der Waals surface area contributed by atoms with Crippen molar-refractivity contribution in [3.8, 4) is 0 Å². The molecule has 0 amide bonds. The second-order valence-electron chi connectivity index (χ2n) is 6.58. The third-order valence-electron chi connectivity index (χ3n) is 4.50. The molecule has 0 spiro atoms. The molecular weight excluding hydrogens is 278 g/mol. The van der Waals surface area contributed by atoms with Gasteiger partial charge in [-0.2, -0.15) is 11.8 Å². The molecule has 21 heavy (non-hydrogen) atoms. The molecule has 0 atom stereocenters. The maximum absolute atomic E-state index is 5.06. The number of likely N-dealkylation sites (tertiary alicyclic amines) is 1. The summed E-state index contributed by atoms with van der Waals surface area (Å²) in [4.78, 5) is 9.85. The van der Waals surface area contributed by atoms with Crippen molar-refractivity contribution in [1.82, 2.24) is 4.90 Å². The molecule has 4 heteroatoms. The summed E-state index contributed by atoms with van der Waals surface area (Å²) in [6, 6.07) is 8.61. The number of amidine groups is 1. The van der Waals surface area contributed by atoms with Gasteiger partial charge in [0.25, 0.3) is 0 Å². The lowest BCUT2D eigenvalue weighted by atomic mass is 9.91. The summed E-state index contributed by atoms with van der Waals surface area (Å²) in [5.41, 5.74) is 2.60. The second-order valence-corrected chi connectivity index (χ2v) is 7.80. The van der Waals surface area contributed by atoms with Crippen molar-refractivity contribution in [2.75, 3.05) is 43.1 Å². The van der Waals surface area contributed by atoms with Gasteiger partial charge >= 0.3 is 0 Å². The first-order chi connectivity index (χ1) is 10.1. The van der Waals surface area contributed by atoms with E-state index in [9.17, 15) is 0 Å². The predicted molar refractivity (Wildman–Crippen MR) is 94.1 cm³/mol. The van der Waals surface area contributed by atoms with Gasteiger partial charge in [0.15, 0.2) is 0 Å². The van der Waals surface area contributed by atoms with Crippen LogP contribution in [0.2, 0.25) is 0 Å². The van der Waals surface area contributed by atoms with Crippen LogP contribution in [-0.2, 0) is 0 Å². The lowest BCUT2D eigenvalue weighted by Gasteiger charge is -2.30. The Labute approximate surface area is 132 Å². The Morgan fingerprint density at radius 3 is 2.48 bits per heavy atom. The van der Waals surface area contributed by atoms with Crippen LogP contribution in [0, 0.1) is 5.41 Å². The first-order valence-electron chi connectivity index (χ1n) is 7.80. The summed E-state index contributed by atoms with van der Waals surface area (Å²) in [6.07, 6.45) is 1.19. The van der Waals surface area contributed by atoms with Crippen molar-refractivity contribution in [3.63, 3.8) is 0 Å². The Kier molecular flexibility index (Phi) is 4.16. The maximum Gasteiger partial charge on any atom is 0.110 e. The Morgan fingerprint density at radius 1 is 1.10 bits per heavy atom. The highest BCUT2D eigenvalue weighted by atomic mass is 32.2. The van der Waals surface area contributed by atoms with E-state index in [-0.39, 0.29) is 5.41 Å². The highest BCUT2D eigenvalue weighted by molar-refractivity contribution is 7.99. The summed E-state index contributed by atoms with van der Waals surface area (Å²) in [7, 11) is 2.16. The van der Waals surface area contributed by atoms with Crippen molar-refractivity contribution in [3.05, 3.63) is 24.3 Å². The van der Waals surface area contributed by atoms with Crippen LogP contribution in [0.1, 0.15) is 20.3 Å². The molecule has 0 bridgehead atoms. The molecule has 114 valence electrons. The van der Waals surface area contributed by atoms with E-state index in [1.165, 1.54) is 29.4 Å². The van der Waals surface area contributed by atoms with E-state index in [0.717, 1.165) is 25.3 Å². The van der Waals surface area contributed by atoms with Crippen LogP contribution in [0.4, 0.5) is 11.4 Å². The number of hydrogen-bond acceptors (Lipinski definition) is 3. The van der Waals surface area contributed by atoms with Gasteiger partial charge in [-0.3, -0.25) is 0 Å². The molecule has 2 saturated heterocycles. The topological polar surface area (TPSA) is 18.8 Å². The van der Waals surface area contributed by atoms with Crippen LogP contribution in [-0.4, -0.2) is 48.9 Å². The molecule has 0 saturated carbocycles. The van der Waals surface area contributed by atoms with Gasteiger partial charge in [0, 0.05) is 43.6 Å². The van der Waals surface area contributed by atoms with Gasteiger partial charge in [0.05, 0.1) is 11.4 Å². The molecule has 0 radical (unpaired) electrons. The van der Waals surface area contributed by atoms with Gasteiger partial charge < -0.3 is 9.80 Å². The lowest BCUT2D eigenvalue weighted by Crippen LogP contribution is -2.32. The van der Waals surface area contributed by atoms with Gasteiger partial charge in [-0.25, -0.2) is 4.99 Å². The first-order valence-corrected chi connectivity index (χ1v) is 8.95. The van der Waals surface area contributed by atoms with E-state index in [0.29, 0.717) is 0 Å². The van der Waals surface area contributed by atoms with Crippen molar-refractivity contribution < 1.29 is 0 Å². The molecule has 2 aliphatic rings. The van der Waals surface area contributed by atoms with E-state index < -0.39 is 0 Å². The highest BCUT2D eigenvalue weighted by Crippen LogP contribution is 2.36. The smallest absolute Gasteiger partial charge is 0.110 e. The van der Waals surface area contributed by atoms with Crippen LogP contribution in [0.3, 0.4) is 0 Å². The molecule has 2 heterocycles. The van der Waals surface area contributed by atoms with E-state index in [1.807, 2.05) is 11.8 Å². The van der Waals surface area contributed by atoms with E-state index in [4.69, 9.17) is 4.99 Å². The lowest BCUT2D eigenvalue weighted by molar-refractivity contribution is 0.511. The summed E-state index contributed by atoms with van der Waals surface area (Å²) in [6.45, 7) is 7.97. The number of thioether (sulfide) groups is 1. The average molecular weight is 303 g/mol. The van der Waals surface area contributed by atoms with Crippen LogP contribution < -0.4 is 4.90 Å². The molecule has 0 N–H and O–H groups in total. The van der Waals surface area contributed by atoms with Crippen LogP contribution in [0.15, 0.2) is 29.3 Å². The van der Waals surface area contributed by atoms with E-state index in [1.54, 1.807) is 0 Å². The number of nitrogens with zero attached hydrogens (tertiary/aromatic N) is 3. The minimum atomic E-state index is 0.180. The van der Waals surface area contributed by atoms with Crippen LogP contribution >= 0.6 is 11.8 Å². The first kappa shape index (κ1) is 14.8. The monoisotopic (exact) mass is 303 g/mol. The summed E-state index contributed by atoms with van der Waals surface area (Å²) < 4.78 is 0. The van der Waals surface area contributed by atoms with Gasteiger partial charge in [-0.05, 0) is 18.6 Å². The SMILES string of the molecule is CN1CCC(C)(C)C1=Nc1ccccc1N1CCSCC1. The second kappa shape index (κ2) is 5.91. The number of benzene rings is 1. The molecule has 1 aromatic rings. The summed E-state index contributed by atoms with van der Waals surface area (Å²) in [5.74, 6) is 3.66. The highest BCUT2D eigenvalue weighted by Gasteiger charge is 2.34. The molecule has 2 fully saturated rings. The summed E-state index contributed by atoms with van der Waals surface area (Å²) >= 11 is 2.05. The van der Waals surface area contributed by atoms with Gasteiger partial charge in [0.2, 0.25) is 0 Å². The molecule has 2 aliphatic heterocycles.